The molecule has 1 aromatic heterocycles. The third-order valence-corrected chi connectivity index (χ3v) is 6.34. The van der Waals surface area contributed by atoms with Crippen molar-refractivity contribution in [3.63, 3.8) is 0 Å². The SMILES string of the molecule is CC(C(=O)OC(C)(C)C)N1CCc2c(sc(NC(=O)Nc3ccc(Cl)cc3)c2C(N)=O)C1. The Labute approximate surface area is 196 Å². The lowest BCUT2D eigenvalue weighted by atomic mass is 10.0. The minimum atomic E-state index is -0.599. The molecular weight excluding hydrogens is 452 g/mol. The molecule has 0 spiro atoms. The highest BCUT2D eigenvalue weighted by Crippen LogP contribution is 2.37. The van der Waals surface area contributed by atoms with Gasteiger partial charge in [0.15, 0.2) is 0 Å². The smallest absolute Gasteiger partial charge is 0.324 e. The number of ether oxygens (including phenoxy) is 1. The largest absolute Gasteiger partial charge is 0.459 e. The van der Waals surface area contributed by atoms with Gasteiger partial charge in [0.2, 0.25) is 0 Å². The van der Waals surface area contributed by atoms with Crippen LogP contribution in [0.3, 0.4) is 0 Å². The summed E-state index contributed by atoms with van der Waals surface area (Å²) in [6, 6.07) is 5.74. The van der Waals surface area contributed by atoms with Gasteiger partial charge in [0, 0.05) is 28.7 Å². The summed E-state index contributed by atoms with van der Waals surface area (Å²) in [6.07, 6.45) is 0.539. The van der Waals surface area contributed by atoms with Crippen LogP contribution in [0.15, 0.2) is 24.3 Å². The first-order valence-corrected chi connectivity index (χ1v) is 11.4. The van der Waals surface area contributed by atoms with E-state index >= 15 is 0 Å². The predicted octanol–water partition coefficient (Wildman–Crippen LogP) is 4.23. The van der Waals surface area contributed by atoms with Gasteiger partial charge in [0.25, 0.3) is 5.91 Å². The standard InChI is InChI=1S/C22H27ClN4O4S/c1-12(20(29)31-22(2,3)4)27-10-9-15-16(11-27)32-19(17(15)18(24)28)26-21(30)25-14-7-5-13(23)6-8-14/h5-8,12H,9-11H2,1-4H3,(H2,24,28)(H2,25,26,30). The second-order valence-corrected chi connectivity index (χ2v) is 10.1. The molecule has 4 N–H and O–H groups in total. The molecule has 0 bridgehead atoms. The molecule has 0 aliphatic carbocycles. The van der Waals surface area contributed by atoms with Crippen molar-refractivity contribution in [2.24, 2.45) is 5.73 Å². The number of carbonyl (C=O) groups is 3. The molecule has 172 valence electrons. The summed E-state index contributed by atoms with van der Waals surface area (Å²) in [5, 5.41) is 6.38. The van der Waals surface area contributed by atoms with Crippen LogP contribution in [0.25, 0.3) is 0 Å². The van der Waals surface area contributed by atoms with Gasteiger partial charge in [-0.05, 0) is 63.9 Å². The monoisotopic (exact) mass is 478 g/mol. The Kier molecular flexibility index (Phi) is 7.12. The maximum absolute atomic E-state index is 12.5. The van der Waals surface area contributed by atoms with Crippen LogP contribution < -0.4 is 16.4 Å². The van der Waals surface area contributed by atoms with E-state index in [1.54, 1.807) is 31.2 Å². The molecule has 0 saturated heterocycles. The average Bonchev–Trinajstić information content (AvgIpc) is 3.04. The van der Waals surface area contributed by atoms with Crippen molar-refractivity contribution < 1.29 is 19.1 Å². The lowest BCUT2D eigenvalue weighted by Crippen LogP contribution is -2.44. The summed E-state index contributed by atoms with van der Waals surface area (Å²) in [5.74, 6) is -0.897. The molecule has 10 heteroatoms. The van der Waals surface area contributed by atoms with Crippen molar-refractivity contribution >= 4 is 51.5 Å². The van der Waals surface area contributed by atoms with Gasteiger partial charge in [0.1, 0.15) is 16.6 Å². The highest BCUT2D eigenvalue weighted by atomic mass is 35.5. The molecule has 3 rings (SSSR count). The molecule has 2 aromatic rings. The second-order valence-electron chi connectivity index (χ2n) is 8.59. The number of nitrogens with two attached hydrogens (primary N) is 1. The zero-order valence-corrected chi connectivity index (χ0v) is 20.0. The fourth-order valence-corrected chi connectivity index (χ4v) is 4.84. The molecule has 8 nitrogen and oxygen atoms in total. The lowest BCUT2D eigenvalue weighted by molar-refractivity contribution is -0.161. The van der Waals surface area contributed by atoms with Gasteiger partial charge in [-0.1, -0.05) is 11.6 Å². The van der Waals surface area contributed by atoms with Crippen molar-refractivity contribution in [1.29, 1.82) is 0 Å². The molecular formula is C22H27ClN4O4S. The second kappa shape index (κ2) is 9.48. The number of rotatable bonds is 5. The summed E-state index contributed by atoms with van der Waals surface area (Å²) in [6.45, 7) is 8.33. The van der Waals surface area contributed by atoms with Crippen LogP contribution in [-0.2, 0) is 22.5 Å². The molecule has 1 aliphatic rings. The predicted molar refractivity (Wildman–Crippen MR) is 126 cm³/mol. The number of hydrogen-bond acceptors (Lipinski definition) is 6. The number of nitrogens with zero attached hydrogens (tertiary/aromatic N) is 1. The van der Waals surface area contributed by atoms with Crippen molar-refractivity contribution in [2.75, 3.05) is 17.2 Å². The fourth-order valence-electron chi connectivity index (χ4n) is 3.44. The fraction of sp³-hybridized carbons (Fsp3) is 0.409. The maximum Gasteiger partial charge on any atom is 0.324 e. The third-order valence-electron chi connectivity index (χ3n) is 4.96. The minimum absolute atomic E-state index is 0.298. The first-order valence-electron chi connectivity index (χ1n) is 10.2. The molecule has 1 aliphatic heterocycles. The Morgan fingerprint density at radius 2 is 1.84 bits per heavy atom. The Balaban J connectivity index is 1.75. The number of anilines is 2. The van der Waals surface area contributed by atoms with Crippen LogP contribution in [0, 0.1) is 0 Å². The number of carbonyl (C=O) groups excluding carboxylic acids is 3. The number of amides is 3. The van der Waals surface area contributed by atoms with E-state index in [1.807, 2.05) is 25.7 Å². The quantitative estimate of drug-likeness (QED) is 0.556. The number of urea groups is 1. The summed E-state index contributed by atoms with van der Waals surface area (Å²) >= 11 is 7.16. The van der Waals surface area contributed by atoms with Crippen LogP contribution in [0.2, 0.25) is 5.02 Å². The number of benzene rings is 1. The van der Waals surface area contributed by atoms with Gasteiger partial charge >= 0.3 is 12.0 Å². The normalized spacial score (nSPS) is 14.9. The van der Waals surface area contributed by atoms with Gasteiger partial charge in [-0.2, -0.15) is 0 Å². The number of hydrogen-bond donors (Lipinski definition) is 3. The molecule has 0 fully saturated rings. The third kappa shape index (κ3) is 5.79. The van der Waals surface area contributed by atoms with Crippen LogP contribution in [-0.4, -0.2) is 41.0 Å². The van der Waals surface area contributed by atoms with Crippen LogP contribution >= 0.6 is 22.9 Å². The number of fused-ring (bicyclic) bond motifs is 1. The Morgan fingerprint density at radius 1 is 1.19 bits per heavy atom. The number of thiophene rings is 1. The molecule has 1 unspecified atom stereocenters. The maximum atomic E-state index is 12.5. The summed E-state index contributed by atoms with van der Waals surface area (Å²) in [7, 11) is 0. The van der Waals surface area contributed by atoms with E-state index < -0.39 is 23.6 Å². The lowest BCUT2D eigenvalue weighted by Gasteiger charge is -2.32. The van der Waals surface area contributed by atoms with Gasteiger partial charge < -0.3 is 15.8 Å². The number of halogens is 1. The van der Waals surface area contributed by atoms with E-state index in [2.05, 4.69) is 10.6 Å². The molecule has 0 radical (unpaired) electrons. The highest BCUT2D eigenvalue weighted by molar-refractivity contribution is 7.17. The average molecular weight is 479 g/mol. The van der Waals surface area contributed by atoms with E-state index in [0.717, 1.165) is 10.4 Å². The molecule has 32 heavy (non-hydrogen) atoms. The topological polar surface area (TPSA) is 114 Å². The first-order chi connectivity index (χ1) is 14.9. The van der Waals surface area contributed by atoms with E-state index in [4.69, 9.17) is 22.1 Å². The minimum Gasteiger partial charge on any atom is -0.459 e. The Morgan fingerprint density at radius 3 is 2.44 bits per heavy atom. The van der Waals surface area contributed by atoms with E-state index in [0.29, 0.717) is 40.8 Å². The van der Waals surface area contributed by atoms with Gasteiger partial charge in [-0.25, -0.2) is 4.79 Å². The number of primary amides is 1. The molecule has 3 amide bonds. The number of esters is 1. The molecule has 2 heterocycles. The van der Waals surface area contributed by atoms with Gasteiger partial charge in [0.05, 0.1) is 5.56 Å². The van der Waals surface area contributed by atoms with Crippen molar-refractivity contribution in [1.82, 2.24) is 4.90 Å². The van der Waals surface area contributed by atoms with E-state index in [9.17, 15) is 14.4 Å². The first kappa shape index (κ1) is 24.0. The van der Waals surface area contributed by atoms with Crippen LogP contribution in [0.5, 0.6) is 0 Å². The summed E-state index contributed by atoms with van der Waals surface area (Å²) < 4.78 is 5.50. The Hall–Kier alpha value is -2.62. The molecule has 1 atom stereocenters. The van der Waals surface area contributed by atoms with Gasteiger partial charge in [-0.15, -0.1) is 11.3 Å². The van der Waals surface area contributed by atoms with E-state index in [-0.39, 0.29) is 5.97 Å². The summed E-state index contributed by atoms with van der Waals surface area (Å²) in [4.78, 5) is 40.0. The number of nitrogens with one attached hydrogen (secondary N) is 2. The van der Waals surface area contributed by atoms with Gasteiger partial charge in [-0.3, -0.25) is 19.8 Å². The van der Waals surface area contributed by atoms with Crippen molar-refractivity contribution in [3.05, 3.63) is 45.3 Å². The Bertz CT molecular complexity index is 1030. The van der Waals surface area contributed by atoms with E-state index in [1.165, 1.54) is 11.3 Å². The van der Waals surface area contributed by atoms with Crippen LogP contribution in [0.4, 0.5) is 15.5 Å². The molecule has 1 aromatic carbocycles. The molecule has 0 saturated carbocycles. The van der Waals surface area contributed by atoms with Crippen LogP contribution in [0.1, 0.15) is 48.5 Å². The zero-order valence-electron chi connectivity index (χ0n) is 18.5. The zero-order chi connectivity index (χ0) is 23.6. The van der Waals surface area contributed by atoms with Crippen molar-refractivity contribution in [3.8, 4) is 0 Å². The summed E-state index contributed by atoms with van der Waals surface area (Å²) in [5.41, 5.74) is 6.77. The highest BCUT2D eigenvalue weighted by Gasteiger charge is 2.33. The van der Waals surface area contributed by atoms with Crippen molar-refractivity contribution in [2.45, 2.75) is 52.3 Å².